The molecule has 1 radical (unpaired) electrons. The van der Waals surface area contributed by atoms with E-state index in [1.165, 1.54) is 0 Å². The SMILES string of the molecule is [c]1c(-c2ccccc2)n[nH]c1-c1ccccc1. The second-order valence-corrected chi connectivity index (χ2v) is 3.80. The highest BCUT2D eigenvalue weighted by atomic mass is 15.1. The highest BCUT2D eigenvalue weighted by Gasteiger charge is 2.05. The molecule has 81 valence electrons. The van der Waals surface area contributed by atoms with Crippen molar-refractivity contribution in [3.8, 4) is 22.5 Å². The van der Waals surface area contributed by atoms with Gasteiger partial charge in [0.1, 0.15) is 5.69 Å². The monoisotopic (exact) mass is 219 g/mol. The molecule has 2 aromatic carbocycles. The summed E-state index contributed by atoms with van der Waals surface area (Å²) in [4.78, 5) is 0. The Morgan fingerprint density at radius 3 is 2.00 bits per heavy atom. The van der Waals surface area contributed by atoms with Gasteiger partial charge in [-0.1, -0.05) is 60.7 Å². The van der Waals surface area contributed by atoms with Gasteiger partial charge in [0, 0.05) is 17.2 Å². The van der Waals surface area contributed by atoms with Gasteiger partial charge in [-0.15, -0.1) is 0 Å². The van der Waals surface area contributed by atoms with Crippen LogP contribution in [0.5, 0.6) is 0 Å². The number of aromatic amines is 1. The highest BCUT2D eigenvalue weighted by molar-refractivity contribution is 5.66. The zero-order chi connectivity index (χ0) is 11.5. The first-order valence-corrected chi connectivity index (χ1v) is 5.52. The molecule has 3 rings (SSSR count). The molecule has 0 atom stereocenters. The van der Waals surface area contributed by atoms with Gasteiger partial charge in [0.2, 0.25) is 0 Å². The summed E-state index contributed by atoms with van der Waals surface area (Å²) >= 11 is 0. The van der Waals surface area contributed by atoms with Crippen LogP contribution in [0.2, 0.25) is 0 Å². The molecule has 0 saturated carbocycles. The number of hydrogen-bond acceptors (Lipinski definition) is 1. The molecule has 0 fully saturated rings. The first kappa shape index (κ1) is 9.85. The van der Waals surface area contributed by atoms with Crippen LogP contribution in [-0.2, 0) is 0 Å². The topological polar surface area (TPSA) is 28.7 Å². The molecule has 17 heavy (non-hydrogen) atoms. The summed E-state index contributed by atoms with van der Waals surface area (Å²) in [6, 6.07) is 23.4. The third-order valence-corrected chi connectivity index (χ3v) is 2.63. The average molecular weight is 219 g/mol. The smallest absolute Gasteiger partial charge is 0.101 e. The Bertz CT molecular complexity index is 543. The Hall–Kier alpha value is -2.35. The van der Waals surface area contributed by atoms with Crippen LogP contribution in [0, 0.1) is 6.07 Å². The van der Waals surface area contributed by atoms with E-state index in [9.17, 15) is 0 Å². The van der Waals surface area contributed by atoms with E-state index < -0.39 is 0 Å². The minimum atomic E-state index is 0.851. The van der Waals surface area contributed by atoms with Gasteiger partial charge in [-0.3, -0.25) is 5.10 Å². The van der Waals surface area contributed by atoms with Crippen LogP contribution in [0.1, 0.15) is 0 Å². The number of nitrogens with one attached hydrogen (secondary N) is 1. The maximum atomic E-state index is 4.28. The molecule has 3 aromatic rings. The maximum absolute atomic E-state index is 4.28. The van der Waals surface area contributed by atoms with E-state index in [0.717, 1.165) is 22.5 Å². The maximum Gasteiger partial charge on any atom is 0.101 e. The summed E-state index contributed by atoms with van der Waals surface area (Å²) in [5, 5.41) is 7.30. The van der Waals surface area contributed by atoms with E-state index in [-0.39, 0.29) is 0 Å². The minimum absolute atomic E-state index is 0.851. The van der Waals surface area contributed by atoms with E-state index in [1.807, 2.05) is 60.7 Å². The van der Waals surface area contributed by atoms with Crippen LogP contribution in [0.3, 0.4) is 0 Å². The van der Waals surface area contributed by atoms with E-state index in [4.69, 9.17) is 0 Å². The first-order valence-electron chi connectivity index (χ1n) is 5.52. The Kier molecular flexibility index (Phi) is 2.47. The molecule has 1 aromatic heterocycles. The van der Waals surface area contributed by atoms with Crippen molar-refractivity contribution in [2.45, 2.75) is 0 Å². The fraction of sp³-hybridized carbons (Fsp3) is 0. The normalized spacial score (nSPS) is 10.4. The van der Waals surface area contributed by atoms with Crippen LogP contribution in [-0.4, -0.2) is 10.2 Å². The van der Waals surface area contributed by atoms with Gasteiger partial charge in [0.05, 0.1) is 5.69 Å². The lowest BCUT2D eigenvalue weighted by atomic mass is 10.1. The predicted octanol–water partition coefficient (Wildman–Crippen LogP) is 3.54. The molecular weight excluding hydrogens is 208 g/mol. The second-order valence-electron chi connectivity index (χ2n) is 3.80. The van der Waals surface area contributed by atoms with Crippen LogP contribution >= 0.6 is 0 Å². The lowest BCUT2D eigenvalue weighted by Crippen LogP contribution is -1.76. The van der Waals surface area contributed by atoms with E-state index in [2.05, 4.69) is 16.3 Å². The lowest BCUT2D eigenvalue weighted by molar-refractivity contribution is 1.10. The molecule has 2 heteroatoms. The summed E-state index contributed by atoms with van der Waals surface area (Å²) in [5.41, 5.74) is 3.95. The predicted molar refractivity (Wildman–Crippen MR) is 68.3 cm³/mol. The molecule has 0 spiro atoms. The number of nitrogens with zero attached hydrogens (tertiary/aromatic N) is 1. The van der Waals surface area contributed by atoms with Crippen LogP contribution < -0.4 is 0 Å². The van der Waals surface area contributed by atoms with Crippen molar-refractivity contribution >= 4 is 0 Å². The van der Waals surface area contributed by atoms with Crippen molar-refractivity contribution in [1.29, 1.82) is 0 Å². The molecule has 0 saturated heterocycles. The third kappa shape index (κ3) is 1.97. The summed E-state index contributed by atoms with van der Waals surface area (Å²) in [7, 11) is 0. The third-order valence-electron chi connectivity index (χ3n) is 2.63. The average Bonchev–Trinajstić information content (AvgIpc) is 2.90. The quantitative estimate of drug-likeness (QED) is 0.701. The fourth-order valence-electron chi connectivity index (χ4n) is 1.76. The van der Waals surface area contributed by atoms with Crippen molar-refractivity contribution in [3.05, 3.63) is 66.7 Å². The Balaban J connectivity index is 1.99. The number of aromatic nitrogens is 2. The van der Waals surface area contributed by atoms with Crippen molar-refractivity contribution < 1.29 is 0 Å². The van der Waals surface area contributed by atoms with Gasteiger partial charge in [-0.25, -0.2) is 0 Å². The van der Waals surface area contributed by atoms with Crippen LogP contribution in [0.15, 0.2) is 60.7 Å². The molecular formula is C15H11N2. The van der Waals surface area contributed by atoms with E-state index in [0.29, 0.717) is 0 Å². The van der Waals surface area contributed by atoms with Gasteiger partial charge in [0.25, 0.3) is 0 Å². The minimum Gasteiger partial charge on any atom is -0.277 e. The van der Waals surface area contributed by atoms with Crippen LogP contribution in [0.25, 0.3) is 22.5 Å². The van der Waals surface area contributed by atoms with Crippen LogP contribution in [0.4, 0.5) is 0 Å². The van der Waals surface area contributed by atoms with Crippen molar-refractivity contribution in [2.75, 3.05) is 0 Å². The van der Waals surface area contributed by atoms with Crippen molar-refractivity contribution in [1.82, 2.24) is 10.2 Å². The molecule has 0 aliphatic carbocycles. The number of benzene rings is 2. The number of H-pyrrole nitrogens is 1. The molecule has 0 bridgehead atoms. The molecule has 1 N–H and O–H groups in total. The molecule has 1 heterocycles. The number of hydrogen-bond donors (Lipinski definition) is 1. The summed E-state index contributed by atoms with van der Waals surface area (Å²) in [6.07, 6.45) is 0. The van der Waals surface area contributed by atoms with Crippen molar-refractivity contribution in [2.24, 2.45) is 0 Å². The second kappa shape index (κ2) is 4.26. The van der Waals surface area contributed by atoms with Gasteiger partial charge < -0.3 is 0 Å². The molecule has 0 amide bonds. The van der Waals surface area contributed by atoms with E-state index in [1.54, 1.807) is 0 Å². The molecule has 2 nitrogen and oxygen atoms in total. The van der Waals surface area contributed by atoms with Gasteiger partial charge in [-0.05, 0) is 0 Å². The highest BCUT2D eigenvalue weighted by Crippen LogP contribution is 2.22. The zero-order valence-corrected chi connectivity index (χ0v) is 9.22. The van der Waals surface area contributed by atoms with Gasteiger partial charge in [-0.2, -0.15) is 5.10 Å². The first-order chi connectivity index (χ1) is 8.43. The standard InChI is InChI=1S/C15H11N2/c1-3-7-12(8-4-1)14-11-15(17-16-14)13-9-5-2-6-10-13/h1-10H,(H,16,17). The molecule has 0 unspecified atom stereocenters. The van der Waals surface area contributed by atoms with Crippen molar-refractivity contribution in [3.63, 3.8) is 0 Å². The fourth-order valence-corrected chi connectivity index (χ4v) is 1.76. The zero-order valence-electron chi connectivity index (χ0n) is 9.22. The Morgan fingerprint density at radius 1 is 0.765 bits per heavy atom. The van der Waals surface area contributed by atoms with Gasteiger partial charge in [0.15, 0.2) is 0 Å². The largest absolute Gasteiger partial charge is 0.277 e. The summed E-state index contributed by atoms with van der Waals surface area (Å²) in [6.45, 7) is 0. The summed E-state index contributed by atoms with van der Waals surface area (Å²) < 4.78 is 0. The number of rotatable bonds is 2. The van der Waals surface area contributed by atoms with E-state index >= 15 is 0 Å². The summed E-state index contributed by atoms with van der Waals surface area (Å²) in [5.74, 6) is 0. The lowest BCUT2D eigenvalue weighted by Gasteiger charge is -1.94. The Labute approximate surface area is 99.9 Å². The molecule has 0 aliphatic rings. The molecule has 0 aliphatic heterocycles. The Morgan fingerprint density at radius 2 is 1.35 bits per heavy atom. The van der Waals surface area contributed by atoms with Gasteiger partial charge >= 0.3 is 0 Å².